The Balaban J connectivity index is 2.08. The zero-order valence-electron chi connectivity index (χ0n) is 9.51. The van der Waals surface area contributed by atoms with Crippen molar-refractivity contribution in [3.63, 3.8) is 0 Å². The second-order valence-electron chi connectivity index (χ2n) is 3.68. The molecule has 0 bridgehead atoms. The Hall–Kier alpha value is -1.82. The zero-order chi connectivity index (χ0) is 12.4. The van der Waals surface area contributed by atoms with E-state index in [1.807, 2.05) is 31.0 Å². The molecule has 2 heterocycles. The summed E-state index contributed by atoms with van der Waals surface area (Å²) in [6, 6.07) is 3.80. The molecule has 6 heteroatoms. The Kier molecular flexibility index (Phi) is 3.14. The molecule has 0 saturated carbocycles. The van der Waals surface area contributed by atoms with Crippen molar-refractivity contribution in [3.05, 3.63) is 34.7 Å². The van der Waals surface area contributed by atoms with E-state index in [4.69, 9.17) is 9.52 Å². The number of aromatic nitrogens is 1. The Bertz CT molecular complexity index is 532. The van der Waals surface area contributed by atoms with Gasteiger partial charge in [0.1, 0.15) is 16.4 Å². The highest BCUT2D eigenvalue weighted by atomic mass is 32.1. The summed E-state index contributed by atoms with van der Waals surface area (Å²) in [5.74, 6) is 0.742. The summed E-state index contributed by atoms with van der Waals surface area (Å²) in [5.41, 5.74) is 0. The average molecular weight is 252 g/mol. The van der Waals surface area contributed by atoms with Crippen molar-refractivity contribution in [2.75, 3.05) is 11.9 Å². The molecule has 90 valence electrons. The molecule has 0 fully saturated rings. The van der Waals surface area contributed by atoms with Crippen molar-refractivity contribution in [3.8, 4) is 0 Å². The summed E-state index contributed by atoms with van der Waals surface area (Å²) in [4.78, 5) is 16.9. The highest BCUT2D eigenvalue weighted by molar-refractivity contribution is 7.17. The fourth-order valence-electron chi connectivity index (χ4n) is 1.41. The SMILES string of the molecule is Cc1ccc(CN(C)c2ncc(C(=O)O)s2)o1. The van der Waals surface area contributed by atoms with Gasteiger partial charge in [-0.15, -0.1) is 0 Å². The summed E-state index contributed by atoms with van der Waals surface area (Å²) < 4.78 is 5.45. The summed E-state index contributed by atoms with van der Waals surface area (Å²) in [5, 5.41) is 9.47. The molecular weight excluding hydrogens is 240 g/mol. The maximum Gasteiger partial charge on any atom is 0.347 e. The molecule has 1 N–H and O–H groups in total. The third kappa shape index (κ3) is 2.65. The van der Waals surface area contributed by atoms with Crippen LogP contribution >= 0.6 is 11.3 Å². The van der Waals surface area contributed by atoms with Gasteiger partial charge in [-0.05, 0) is 19.1 Å². The first-order valence-corrected chi connectivity index (χ1v) is 5.83. The van der Waals surface area contributed by atoms with E-state index < -0.39 is 5.97 Å². The number of furan rings is 1. The number of thiazole rings is 1. The van der Waals surface area contributed by atoms with Gasteiger partial charge in [0.05, 0.1) is 12.7 Å². The van der Waals surface area contributed by atoms with E-state index in [9.17, 15) is 4.79 Å². The van der Waals surface area contributed by atoms with Crippen molar-refractivity contribution >= 4 is 22.4 Å². The van der Waals surface area contributed by atoms with Gasteiger partial charge in [-0.25, -0.2) is 9.78 Å². The van der Waals surface area contributed by atoms with Crippen LogP contribution in [0.5, 0.6) is 0 Å². The van der Waals surface area contributed by atoms with Crippen molar-refractivity contribution < 1.29 is 14.3 Å². The number of aromatic carboxylic acids is 1. The maximum absolute atomic E-state index is 10.7. The largest absolute Gasteiger partial charge is 0.477 e. The quantitative estimate of drug-likeness (QED) is 0.904. The number of hydrogen-bond acceptors (Lipinski definition) is 5. The fourth-order valence-corrected chi connectivity index (χ4v) is 2.13. The van der Waals surface area contributed by atoms with Gasteiger partial charge in [0.25, 0.3) is 0 Å². The van der Waals surface area contributed by atoms with Crippen molar-refractivity contribution in [1.82, 2.24) is 4.98 Å². The molecule has 0 radical (unpaired) electrons. The molecule has 0 spiro atoms. The minimum Gasteiger partial charge on any atom is -0.477 e. The van der Waals surface area contributed by atoms with Crippen LogP contribution in [0.2, 0.25) is 0 Å². The minimum absolute atomic E-state index is 0.238. The molecule has 0 amide bonds. The summed E-state index contributed by atoms with van der Waals surface area (Å²) >= 11 is 1.15. The Morgan fingerprint density at radius 1 is 1.59 bits per heavy atom. The van der Waals surface area contributed by atoms with E-state index in [2.05, 4.69) is 4.98 Å². The molecule has 2 aromatic heterocycles. The van der Waals surface area contributed by atoms with Crippen LogP contribution in [0, 0.1) is 6.92 Å². The predicted octanol–water partition coefficient (Wildman–Crippen LogP) is 2.38. The molecule has 5 nitrogen and oxygen atoms in total. The summed E-state index contributed by atoms with van der Waals surface area (Å²) in [6.07, 6.45) is 1.37. The second-order valence-corrected chi connectivity index (χ2v) is 4.69. The van der Waals surface area contributed by atoms with Crippen LogP contribution in [-0.4, -0.2) is 23.1 Å². The van der Waals surface area contributed by atoms with Gasteiger partial charge >= 0.3 is 5.97 Å². The number of anilines is 1. The highest BCUT2D eigenvalue weighted by Crippen LogP contribution is 2.23. The third-order valence-corrected chi connectivity index (χ3v) is 3.32. The Morgan fingerprint density at radius 2 is 2.35 bits per heavy atom. The molecule has 0 unspecified atom stereocenters. The number of hydrogen-bond donors (Lipinski definition) is 1. The number of carbonyl (C=O) groups is 1. The first-order valence-electron chi connectivity index (χ1n) is 5.02. The van der Waals surface area contributed by atoms with Crippen LogP contribution in [0.25, 0.3) is 0 Å². The van der Waals surface area contributed by atoms with Crippen LogP contribution in [0.15, 0.2) is 22.7 Å². The number of carboxylic acids is 1. The van der Waals surface area contributed by atoms with Gasteiger partial charge < -0.3 is 14.4 Å². The molecule has 0 saturated heterocycles. The van der Waals surface area contributed by atoms with Gasteiger partial charge in [-0.2, -0.15) is 0 Å². The van der Waals surface area contributed by atoms with E-state index in [1.54, 1.807) is 0 Å². The lowest BCUT2D eigenvalue weighted by atomic mass is 10.4. The fraction of sp³-hybridized carbons (Fsp3) is 0.273. The van der Waals surface area contributed by atoms with Crippen molar-refractivity contribution in [2.24, 2.45) is 0 Å². The first kappa shape index (κ1) is 11.7. The molecule has 0 aliphatic carbocycles. The van der Waals surface area contributed by atoms with E-state index >= 15 is 0 Å². The standard InChI is InChI=1S/C11H12N2O3S/c1-7-3-4-8(16-7)6-13(2)11-12-5-9(17-11)10(14)15/h3-5H,6H2,1-2H3,(H,14,15). The maximum atomic E-state index is 10.7. The number of nitrogens with zero attached hydrogens (tertiary/aromatic N) is 2. The molecular formula is C11H12N2O3S. The van der Waals surface area contributed by atoms with Crippen molar-refractivity contribution in [2.45, 2.75) is 13.5 Å². The minimum atomic E-state index is -0.948. The molecule has 2 rings (SSSR count). The zero-order valence-corrected chi connectivity index (χ0v) is 10.3. The van der Waals surface area contributed by atoms with Crippen LogP contribution in [0.1, 0.15) is 21.2 Å². The van der Waals surface area contributed by atoms with E-state index in [1.165, 1.54) is 6.20 Å². The molecule has 2 aromatic rings. The van der Waals surface area contributed by atoms with E-state index in [-0.39, 0.29) is 4.88 Å². The van der Waals surface area contributed by atoms with Crippen LogP contribution in [0.3, 0.4) is 0 Å². The van der Waals surface area contributed by atoms with Crippen molar-refractivity contribution in [1.29, 1.82) is 0 Å². The molecule has 17 heavy (non-hydrogen) atoms. The Labute approximate surface area is 102 Å². The van der Waals surface area contributed by atoms with Gasteiger partial charge in [-0.3, -0.25) is 0 Å². The van der Waals surface area contributed by atoms with Gasteiger partial charge in [0.15, 0.2) is 5.13 Å². The summed E-state index contributed by atoms with van der Waals surface area (Å²) in [6.45, 7) is 2.45. The number of aryl methyl sites for hydroxylation is 1. The second kappa shape index (κ2) is 4.58. The van der Waals surface area contributed by atoms with Crippen LogP contribution in [0.4, 0.5) is 5.13 Å². The molecule has 0 aromatic carbocycles. The summed E-state index contributed by atoms with van der Waals surface area (Å²) in [7, 11) is 1.85. The topological polar surface area (TPSA) is 66.6 Å². The normalized spacial score (nSPS) is 10.5. The van der Waals surface area contributed by atoms with Gasteiger partial charge in [0.2, 0.25) is 0 Å². The predicted molar refractivity (Wildman–Crippen MR) is 64.6 cm³/mol. The van der Waals surface area contributed by atoms with E-state index in [0.29, 0.717) is 11.7 Å². The molecule has 0 atom stereocenters. The van der Waals surface area contributed by atoms with Crippen LogP contribution < -0.4 is 4.90 Å². The highest BCUT2D eigenvalue weighted by Gasteiger charge is 2.12. The monoisotopic (exact) mass is 252 g/mol. The van der Waals surface area contributed by atoms with E-state index in [0.717, 1.165) is 22.9 Å². The third-order valence-electron chi connectivity index (χ3n) is 2.22. The smallest absolute Gasteiger partial charge is 0.347 e. The van der Waals surface area contributed by atoms with Crippen LogP contribution in [-0.2, 0) is 6.54 Å². The Morgan fingerprint density at radius 3 is 2.88 bits per heavy atom. The molecule has 0 aliphatic heterocycles. The number of carboxylic acid groups (broad SMARTS) is 1. The average Bonchev–Trinajstić information content (AvgIpc) is 2.86. The van der Waals surface area contributed by atoms with Gasteiger partial charge in [-0.1, -0.05) is 11.3 Å². The lowest BCUT2D eigenvalue weighted by Gasteiger charge is -2.13. The lowest BCUT2D eigenvalue weighted by Crippen LogP contribution is -2.15. The van der Waals surface area contributed by atoms with Gasteiger partial charge in [0, 0.05) is 7.05 Å². The first-order chi connectivity index (χ1) is 8.06. The lowest BCUT2D eigenvalue weighted by molar-refractivity contribution is 0.0702. The number of rotatable bonds is 4. The molecule has 0 aliphatic rings.